The molecule has 0 bridgehead atoms. The van der Waals surface area contributed by atoms with Crippen LogP contribution in [0.3, 0.4) is 0 Å². The summed E-state index contributed by atoms with van der Waals surface area (Å²) in [6, 6.07) is 7.29. The van der Waals surface area contributed by atoms with E-state index in [0.29, 0.717) is 17.7 Å². The normalized spacial score (nSPS) is 16.8. The van der Waals surface area contributed by atoms with Crippen LogP contribution < -0.4 is 9.64 Å². The van der Waals surface area contributed by atoms with Crippen molar-refractivity contribution < 1.29 is 73.2 Å². The highest BCUT2D eigenvalue weighted by Crippen LogP contribution is 2.42. The van der Waals surface area contributed by atoms with E-state index in [0.717, 1.165) is 35.1 Å². The number of carboxylic acid groups (broad SMARTS) is 1. The lowest BCUT2D eigenvalue weighted by molar-refractivity contribution is -0.274. The number of cyclic esters (lactones) is 1. The van der Waals surface area contributed by atoms with Crippen LogP contribution in [0, 0.1) is 0 Å². The Balaban J connectivity index is 1.75. The Morgan fingerprint density at radius 1 is 0.896 bits per heavy atom. The van der Waals surface area contributed by atoms with Crippen molar-refractivity contribution in [1.29, 1.82) is 0 Å². The molecule has 1 N–H and O–H groups in total. The molecule has 0 spiro atoms. The molecule has 1 heterocycles. The minimum atomic E-state index is -5.19. The van der Waals surface area contributed by atoms with Crippen molar-refractivity contribution in [1.82, 2.24) is 4.90 Å². The molecule has 0 radical (unpaired) electrons. The topological polar surface area (TPSA) is 106 Å². The van der Waals surface area contributed by atoms with Crippen LogP contribution in [0.5, 0.6) is 5.75 Å². The van der Waals surface area contributed by atoms with E-state index >= 15 is 0 Å². The fourth-order valence-corrected chi connectivity index (χ4v) is 4.93. The summed E-state index contributed by atoms with van der Waals surface area (Å²) >= 11 is 0. The fraction of sp³-hybridized carbons (Fsp3) is 0.300. The average Bonchev–Trinajstić information content (AvgIpc) is 3.26. The SMILES string of the molecule is COC(=O)N(Cc1ccc(C(=O)O)cc1)c1ccc(OC(F)(F)F)cc1CN1C(=O)O[C@H](c2cc(C(F)(F)F)cc(C(F)(F)F)c2)[C@@H]1C. The Hall–Kier alpha value is -5.16. The van der Waals surface area contributed by atoms with Crippen molar-refractivity contribution in [3.63, 3.8) is 0 Å². The number of methoxy groups -OCH3 is 1. The van der Waals surface area contributed by atoms with Gasteiger partial charge in [-0.25, -0.2) is 14.4 Å². The van der Waals surface area contributed by atoms with Gasteiger partial charge in [0.25, 0.3) is 0 Å². The number of ether oxygens (including phenoxy) is 3. The van der Waals surface area contributed by atoms with Gasteiger partial charge in [0.2, 0.25) is 0 Å². The van der Waals surface area contributed by atoms with Gasteiger partial charge >= 0.3 is 36.9 Å². The Morgan fingerprint density at radius 3 is 1.98 bits per heavy atom. The molecule has 2 atom stereocenters. The van der Waals surface area contributed by atoms with E-state index in [1.807, 2.05) is 0 Å². The number of carbonyl (C=O) groups is 3. The van der Waals surface area contributed by atoms with Crippen molar-refractivity contribution in [3.8, 4) is 5.75 Å². The van der Waals surface area contributed by atoms with Gasteiger partial charge in [-0.05, 0) is 72.1 Å². The first-order chi connectivity index (χ1) is 22.2. The second-order valence-corrected chi connectivity index (χ2v) is 10.4. The lowest BCUT2D eigenvalue weighted by Gasteiger charge is -2.27. The molecular weight excluding hydrogens is 671 g/mol. The third-order valence-electron chi connectivity index (χ3n) is 7.18. The molecule has 1 aliphatic heterocycles. The molecular formula is C30H23F9N2O7. The molecule has 0 saturated carbocycles. The third kappa shape index (κ3) is 8.21. The van der Waals surface area contributed by atoms with E-state index in [-0.39, 0.29) is 29.4 Å². The van der Waals surface area contributed by atoms with Gasteiger partial charge in [0.15, 0.2) is 0 Å². The maximum absolute atomic E-state index is 13.5. The first-order valence-corrected chi connectivity index (χ1v) is 13.5. The van der Waals surface area contributed by atoms with Crippen LogP contribution in [0.25, 0.3) is 0 Å². The van der Waals surface area contributed by atoms with Crippen LogP contribution in [0.15, 0.2) is 60.7 Å². The van der Waals surface area contributed by atoms with E-state index in [1.165, 1.54) is 31.2 Å². The molecule has 1 fully saturated rings. The Bertz CT molecular complexity index is 1660. The van der Waals surface area contributed by atoms with Crippen molar-refractivity contribution in [2.75, 3.05) is 12.0 Å². The monoisotopic (exact) mass is 694 g/mol. The zero-order valence-electron chi connectivity index (χ0n) is 24.5. The summed E-state index contributed by atoms with van der Waals surface area (Å²) < 4.78 is 134. The molecule has 9 nitrogen and oxygen atoms in total. The van der Waals surface area contributed by atoms with Gasteiger partial charge in [0.1, 0.15) is 11.9 Å². The van der Waals surface area contributed by atoms with Crippen LogP contribution in [0.1, 0.15) is 51.2 Å². The van der Waals surface area contributed by atoms with E-state index < -0.39 is 78.0 Å². The minimum Gasteiger partial charge on any atom is -0.478 e. The number of hydrogen-bond donors (Lipinski definition) is 1. The highest BCUT2D eigenvalue weighted by molar-refractivity contribution is 5.89. The number of carboxylic acids is 1. The zero-order chi connectivity index (χ0) is 35.8. The van der Waals surface area contributed by atoms with Crippen molar-refractivity contribution >= 4 is 23.8 Å². The zero-order valence-corrected chi connectivity index (χ0v) is 24.5. The molecule has 2 amide bonds. The van der Waals surface area contributed by atoms with Gasteiger partial charge < -0.3 is 19.3 Å². The molecule has 4 rings (SSSR count). The first-order valence-electron chi connectivity index (χ1n) is 13.5. The second kappa shape index (κ2) is 13.2. The number of benzene rings is 3. The van der Waals surface area contributed by atoms with E-state index in [1.54, 1.807) is 0 Å². The van der Waals surface area contributed by atoms with Crippen molar-refractivity contribution in [2.24, 2.45) is 0 Å². The lowest BCUT2D eigenvalue weighted by atomic mass is 9.97. The summed E-state index contributed by atoms with van der Waals surface area (Å²) in [5.74, 6) is -2.03. The predicted octanol–water partition coefficient (Wildman–Crippen LogP) is 8.18. The van der Waals surface area contributed by atoms with E-state index in [2.05, 4.69) is 4.74 Å². The molecule has 258 valence electrons. The Kier molecular flexibility index (Phi) is 9.78. The summed E-state index contributed by atoms with van der Waals surface area (Å²) in [5, 5.41) is 9.15. The number of alkyl halides is 9. The van der Waals surface area contributed by atoms with E-state index in [9.17, 15) is 53.9 Å². The highest BCUT2D eigenvalue weighted by atomic mass is 19.4. The molecule has 0 aromatic heterocycles. The van der Waals surface area contributed by atoms with Gasteiger partial charge in [-0.1, -0.05) is 12.1 Å². The number of rotatable bonds is 8. The first kappa shape index (κ1) is 35.7. The lowest BCUT2D eigenvalue weighted by Crippen LogP contribution is -2.34. The van der Waals surface area contributed by atoms with Crippen LogP contribution in [-0.2, 0) is 34.9 Å². The average molecular weight is 695 g/mol. The van der Waals surface area contributed by atoms with Gasteiger partial charge in [-0.3, -0.25) is 9.80 Å². The Morgan fingerprint density at radius 2 is 1.48 bits per heavy atom. The Labute approximate surface area is 265 Å². The summed E-state index contributed by atoms with van der Waals surface area (Å²) in [7, 11) is 0.998. The van der Waals surface area contributed by atoms with Crippen LogP contribution in [-0.4, -0.2) is 47.7 Å². The second-order valence-electron chi connectivity index (χ2n) is 10.4. The summed E-state index contributed by atoms with van der Waals surface area (Å²) in [6.45, 7) is 0.241. The van der Waals surface area contributed by atoms with Gasteiger partial charge in [0, 0.05) is 0 Å². The highest BCUT2D eigenvalue weighted by Gasteiger charge is 2.44. The molecule has 18 heteroatoms. The number of hydrogen-bond acceptors (Lipinski definition) is 6. The molecule has 0 unspecified atom stereocenters. The number of anilines is 1. The number of aromatic carboxylic acids is 1. The van der Waals surface area contributed by atoms with Crippen LogP contribution in [0.4, 0.5) is 54.8 Å². The van der Waals surface area contributed by atoms with Gasteiger partial charge in [-0.15, -0.1) is 13.2 Å². The van der Waals surface area contributed by atoms with Crippen LogP contribution in [0.2, 0.25) is 0 Å². The molecule has 48 heavy (non-hydrogen) atoms. The maximum atomic E-state index is 13.5. The smallest absolute Gasteiger partial charge is 0.478 e. The maximum Gasteiger partial charge on any atom is 0.573 e. The summed E-state index contributed by atoms with van der Waals surface area (Å²) in [6.07, 6.45) is -19.5. The summed E-state index contributed by atoms with van der Waals surface area (Å²) in [5.41, 5.74) is -4.04. The van der Waals surface area contributed by atoms with Crippen molar-refractivity contribution in [3.05, 3.63) is 94.0 Å². The summed E-state index contributed by atoms with van der Waals surface area (Å²) in [4.78, 5) is 38.9. The van der Waals surface area contributed by atoms with E-state index in [4.69, 9.17) is 14.6 Å². The van der Waals surface area contributed by atoms with Gasteiger partial charge in [-0.2, -0.15) is 26.3 Å². The van der Waals surface area contributed by atoms with Gasteiger partial charge in [0.05, 0.1) is 48.6 Å². The minimum absolute atomic E-state index is 0.0862. The molecule has 0 aliphatic carbocycles. The number of amides is 2. The molecule has 1 aliphatic rings. The molecule has 1 saturated heterocycles. The fourth-order valence-electron chi connectivity index (χ4n) is 4.93. The number of nitrogens with zero attached hydrogens (tertiary/aromatic N) is 2. The standard InChI is InChI=1S/C30H23F9N2O7/c1-15-24(18-9-20(28(31,32)33)12-21(10-18)29(34,35)36)47-27(45)40(15)14-19-11-22(48-30(37,38)39)7-8-23(19)41(26(44)46-2)13-16-3-5-17(6-4-16)25(42)43/h3-12,15,24H,13-14H2,1-2H3,(H,42,43)/t15-,24-/m0/s1. The quantitative estimate of drug-likeness (QED) is 0.237. The predicted molar refractivity (Wildman–Crippen MR) is 146 cm³/mol. The molecule has 3 aromatic carbocycles. The van der Waals surface area contributed by atoms with Crippen molar-refractivity contribution in [2.45, 2.75) is 50.9 Å². The number of carbonyl (C=O) groups excluding carboxylic acids is 2. The van der Waals surface area contributed by atoms with Crippen LogP contribution >= 0.6 is 0 Å². The molecule has 3 aromatic rings. The third-order valence-corrected chi connectivity index (χ3v) is 7.18. The number of halogens is 9. The largest absolute Gasteiger partial charge is 0.573 e.